The second-order valence-corrected chi connectivity index (χ2v) is 10.0. The van der Waals surface area contributed by atoms with Gasteiger partial charge in [-0.2, -0.15) is 0 Å². The van der Waals surface area contributed by atoms with Gasteiger partial charge in [-0.15, -0.1) is 0 Å². The fourth-order valence-electron chi connectivity index (χ4n) is 5.64. The van der Waals surface area contributed by atoms with E-state index < -0.39 is 5.60 Å². The molecule has 0 radical (unpaired) electrons. The molecule has 2 N–H and O–H groups in total. The molecule has 0 saturated carbocycles. The van der Waals surface area contributed by atoms with Crippen LogP contribution >= 0.6 is 0 Å². The van der Waals surface area contributed by atoms with Gasteiger partial charge in [0.2, 0.25) is 0 Å². The quantitative estimate of drug-likeness (QED) is 0.197. The summed E-state index contributed by atoms with van der Waals surface area (Å²) in [6.45, 7) is 7.31. The Balaban J connectivity index is 1.57. The van der Waals surface area contributed by atoms with Crippen LogP contribution in [0.15, 0.2) is 78.9 Å². The summed E-state index contributed by atoms with van der Waals surface area (Å²) < 4.78 is 13.0. The van der Waals surface area contributed by atoms with E-state index in [1.54, 1.807) is 0 Å². The van der Waals surface area contributed by atoms with Gasteiger partial charge < -0.3 is 20.1 Å². The van der Waals surface area contributed by atoms with Crippen LogP contribution in [-0.4, -0.2) is 12.5 Å². The first kappa shape index (κ1) is 24.1. The lowest BCUT2D eigenvalue weighted by Crippen LogP contribution is -2.34. The van der Waals surface area contributed by atoms with Crippen LogP contribution in [0.4, 0.5) is 17.1 Å². The standard InChI is InChI=1S/C33H32N2O3/c1-4-6-18-34-23-15-17-29-26(20-23)33(25-11-8-7-10-24(25)32(36)38-33)31-28(12-9-13-30(31)37-29)35-27-16-14-21(3)19-22(27)5-2/h7-17,19-20,34-35H,4-6,18H2,1-3H3. The van der Waals surface area contributed by atoms with Crippen molar-refractivity contribution >= 4 is 23.0 Å². The number of carbonyl (C=O) groups excluding carboxylic acids is 1. The number of benzene rings is 4. The monoisotopic (exact) mass is 504 g/mol. The maximum absolute atomic E-state index is 13.4. The van der Waals surface area contributed by atoms with Crippen molar-refractivity contribution in [3.05, 3.63) is 112 Å². The van der Waals surface area contributed by atoms with Gasteiger partial charge >= 0.3 is 5.97 Å². The molecule has 4 aromatic rings. The largest absolute Gasteiger partial charge is 0.456 e. The number of aryl methyl sites for hydroxylation is 2. The number of anilines is 3. The maximum atomic E-state index is 13.4. The molecular formula is C33H32N2O3. The van der Waals surface area contributed by atoms with Crippen LogP contribution in [0.25, 0.3) is 0 Å². The number of hydrogen-bond acceptors (Lipinski definition) is 5. The highest BCUT2D eigenvalue weighted by Gasteiger charge is 2.54. The summed E-state index contributed by atoms with van der Waals surface area (Å²) in [6.07, 6.45) is 3.08. The lowest BCUT2D eigenvalue weighted by atomic mass is 9.76. The van der Waals surface area contributed by atoms with Gasteiger partial charge in [0.15, 0.2) is 5.60 Å². The van der Waals surface area contributed by atoms with E-state index in [0.717, 1.165) is 59.6 Å². The number of hydrogen-bond donors (Lipinski definition) is 2. The molecule has 1 spiro atoms. The van der Waals surface area contributed by atoms with E-state index in [0.29, 0.717) is 17.1 Å². The molecule has 0 amide bonds. The predicted molar refractivity (Wildman–Crippen MR) is 152 cm³/mol. The van der Waals surface area contributed by atoms with Crippen molar-refractivity contribution in [3.8, 4) is 11.5 Å². The highest BCUT2D eigenvalue weighted by molar-refractivity contribution is 5.98. The Morgan fingerprint density at radius 2 is 1.71 bits per heavy atom. The average molecular weight is 505 g/mol. The molecule has 4 aromatic carbocycles. The number of fused-ring (bicyclic) bond motifs is 6. The molecular weight excluding hydrogens is 472 g/mol. The van der Waals surface area contributed by atoms with E-state index in [1.807, 2.05) is 54.6 Å². The molecule has 2 heterocycles. The van der Waals surface area contributed by atoms with Crippen molar-refractivity contribution in [1.82, 2.24) is 0 Å². The number of esters is 1. The summed E-state index contributed by atoms with van der Waals surface area (Å²) in [4.78, 5) is 13.4. The van der Waals surface area contributed by atoms with Crippen molar-refractivity contribution in [2.24, 2.45) is 0 Å². The van der Waals surface area contributed by atoms with E-state index in [-0.39, 0.29) is 5.97 Å². The molecule has 6 rings (SSSR count). The minimum absolute atomic E-state index is 0.330. The fourth-order valence-corrected chi connectivity index (χ4v) is 5.64. The number of carbonyl (C=O) groups is 1. The Morgan fingerprint density at radius 1 is 0.842 bits per heavy atom. The van der Waals surface area contributed by atoms with Gasteiger partial charge in [0, 0.05) is 29.0 Å². The zero-order chi connectivity index (χ0) is 26.3. The van der Waals surface area contributed by atoms with Crippen molar-refractivity contribution in [2.75, 3.05) is 17.2 Å². The van der Waals surface area contributed by atoms with Crippen LogP contribution < -0.4 is 15.4 Å². The third-order valence-corrected chi connectivity index (χ3v) is 7.50. The minimum atomic E-state index is -1.14. The number of unbranched alkanes of at least 4 members (excludes halogenated alkanes) is 1. The molecule has 0 saturated heterocycles. The Bertz CT molecular complexity index is 1540. The van der Waals surface area contributed by atoms with Crippen LogP contribution in [0.2, 0.25) is 0 Å². The van der Waals surface area contributed by atoms with Gasteiger partial charge in [0.05, 0.1) is 16.8 Å². The molecule has 0 bridgehead atoms. The summed E-state index contributed by atoms with van der Waals surface area (Å²) >= 11 is 0. The molecule has 0 fully saturated rings. The van der Waals surface area contributed by atoms with Crippen LogP contribution in [0.3, 0.4) is 0 Å². The van der Waals surface area contributed by atoms with Gasteiger partial charge in [0.25, 0.3) is 0 Å². The fraction of sp³-hybridized carbons (Fsp3) is 0.242. The van der Waals surface area contributed by atoms with Gasteiger partial charge in [-0.3, -0.25) is 0 Å². The van der Waals surface area contributed by atoms with Crippen molar-refractivity contribution in [2.45, 2.75) is 45.6 Å². The zero-order valence-corrected chi connectivity index (χ0v) is 22.1. The molecule has 0 aromatic heterocycles. The molecule has 5 nitrogen and oxygen atoms in total. The Kier molecular flexibility index (Phi) is 6.07. The molecule has 0 aliphatic carbocycles. The minimum Gasteiger partial charge on any atom is -0.456 e. The molecule has 1 unspecified atom stereocenters. The van der Waals surface area contributed by atoms with Crippen LogP contribution in [0.1, 0.15) is 64.9 Å². The Morgan fingerprint density at radius 3 is 2.55 bits per heavy atom. The summed E-state index contributed by atoms with van der Waals surface area (Å²) in [5.74, 6) is 1.02. The lowest BCUT2D eigenvalue weighted by molar-refractivity contribution is 0.0227. The second kappa shape index (κ2) is 9.56. The highest BCUT2D eigenvalue weighted by Crippen LogP contribution is 2.58. The first-order valence-corrected chi connectivity index (χ1v) is 13.4. The van der Waals surface area contributed by atoms with E-state index in [4.69, 9.17) is 9.47 Å². The van der Waals surface area contributed by atoms with E-state index in [1.165, 1.54) is 11.1 Å². The summed E-state index contributed by atoms with van der Waals surface area (Å²) in [6, 6.07) is 26.1. The zero-order valence-electron chi connectivity index (χ0n) is 22.1. The smallest absolute Gasteiger partial charge is 0.340 e. The third-order valence-electron chi connectivity index (χ3n) is 7.50. The van der Waals surface area contributed by atoms with Gasteiger partial charge in [0.1, 0.15) is 11.5 Å². The van der Waals surface area contributed by atoms with E-state index >= 15 is 0 Å². The van der Waals surface area contributed by atoms with Crippen molar-refractivity contribution < 1.29 is 14.3 Å². The van der Waals surface area contributed by atoms with Crippen LogP contribution in [0, 0.1) is 6.92 Å². The molecule has 192 valence electrons. The van der Waals surface area contributed by atoms with Crippen molar-refractivity contribution in [1.29, 1.82) is 0 Å². The number of ether oxygens (including phenoxy) is 2. The van der Waals surface area contributed by atoms with Gasteiger partial charge in [-0.1, -0.05) is 62.2 Å². The SMILES string of the molecule is CCCCNc1ccc2c(c1)C1(OC(=O)c3ccccc31)c1c(Nc3ccc(C)cc3CC)cccc1O2. The molecule has 2 aliphatic heterocycles. The van der Waals surface area contributed by atoms with Crippen LogP contribution in [0.5, 0.6) is 11.5 Å². The summed E-state index contributed by atoms with van der Waals surface area (Å²) in [5.41, 5.74) is 7.18. The first-order valence-electron chi connectivity index (χ1n) is 13.4. The van der Waals surface area contributed by atoms with E-state index in [9.17, 15) is 4.79 Å². The first-order chi connectivity index (χ1) is 18.5. The van der Waals surface area contributed by atoms with Crippen LogP contribution in [-0.2, 0) is 16.8 Å². The van der Waals surface area contributed by atoms with E-state index in [2.05, 4.69) is 55.7 Å². The normalized spacial score (nSPS) is 16.8. The third kappa shape index (κ3) is 3.81. The predicted octanol–water partition coefficient (Wildman–Crippen LogP) is 8.08. The number of nitrogens with one attached hydrogen (secondary N) is 2. The molecule has 38 heavy (non-hydrogen) atoms. The maximum Gasteiger partial charge on any atom is 0.340 e. The van der Waals surface area contributed by atoms with Gasteiger partial charge in [-0.05, 0) is 67.8 Å². The summed E-state index contributed by atoms with van der Waals surface area (Å²) in [7, 11) is 0. The van der Waals surface area contributed by atoms with Gasteiger partial charge in [-0.25, -0.2) is 4.79 Å². The number of rotatable bonds is 7. The topological polar surface area (TPSA) is 59.6 Å². The Hall–Kier alpha value is -4.25. The highest BCUT2D eigenvalue weighted by atomic mass is 16.6. The molecule has 5 heteroatoms. The Labute approximate surface area is 223 Å². The lowest BCUT2D eigenvalue weighted by Gasteiger charge is -2.38. The van der Waals surface area contributed by atoms with Crippen molar-refractivity contribution in [3.63, 3.8) is 0 Å². The average Bonchev–Trinajstić information content (AvgIpc) is 3.23. The molecule has 1 atom stereocenters. The summed E-state index contributed by atoms with van der Waals surface area (Å²) in [5, 5.41) is 7.20. The molecule has 2 aliphatic rings. The second-order valence-electron chi connectivity index (χ2n) is 10.0.